The molecule has 2 rings (SSSR count). The number of nitrogens with zero attached hydrogens (tertiary/aromatic N) is 1. The van der Waals surface area contributed by atoms with Gasteiger partial charge in [-0.1, -0.05) is 29.3 Å². The quantitative estimate of drug-likeness (QED) is 0.766. The molecule has 1 atom stereocenters. The van der Waals surface area contributed by atoms with E-state index in [1.807, 2.05) is 4.90 Å². The molecule has 0 N–H and O–H groups in total. The summed E-state index contributed by atoms with van der Waals surface area (Å²) < 4.78 is 4.72. The number of methoxy groups -OCH3 is 1. The lowest BCUT2D eigenvalue weighted by molar-refractivity contribution is -0.143. The Morgan fingerprint density at radius 2 is 2.06 bits per heavy atom. The molecule has 1 aromatic carbocycles. The van der Waals surface area contributed by atoms with E-state index in [2.05, 4.69) is 0 Å². The minimum absolute atomic E-state index is 0.248. The number of rotatable bonds is 2. The van der Waals surface area contributed by atoms with Gasteiger partial charge in [-0.25, -0.2) is 4.79 Å². The third kappa shape index (κ3) is 1.85. The van der Waals surface area contributed by atoms with Crippen molar-refractivity contribution in [3.05, 3.63) is 28.2 Å². The summed E-state index contributed by atoms with van der Waals surface area (Å²) in [4.78, 5) is 13.3. The van der Waals surface area contributed by atoms with Gasteiger partial charge in [-0.15, -0.1) is 0 Å². The lowest BCUT2D eigenvalue weighted by Gasteiger charge is -2.41. The fourth-order valence-electron chi connectivity index (χ4n) is 1.80. The van der Waals surface area contributed by atoms with Crippen LogP contribution in [0.5, 0.6) is 0 Å². The predicted molar refractivity (Wildman–Crippen MR) is 64.2 cm³/mol. The van der Waals surface area contributed by atoms with Gasteiger partial charge in [0.05, 0.1) is 22.8 Å². The monoisotopic (exact) mass is 259 g/mol. The van der Waals surface area contributed by atoms with Crippen LogP contribution >= 0.6 is 23.2 Å². The molecule has 0 spiro atoms. The van der Waals surface area contributed by atoms with Gasteiger partial charge in [-0.2, -0.15) is 0 Å². The van der Waals surface area contributed by atoms with Crippen molar-refractivity contribution in [3.63, 3.8) is 0 Å². The van der Waals surface area contributed by atoms with E-state index in [-0.39, 0.29) is 12.0 Å². The second kappa shape index (κ2) is 4.52. The summed E-state index contributed by atoms with van der Waals surface area (Å²) in [5, 5.41) is 1.11. The minimum Gasteiger partial charge on any atom is -0.467 e. The Morgan fingerprint density at radius 1 is 1.44 bits per heavy atom. The number of esters is 1. The van der Waals surface area contributed by atoms with Crippen molar-refractivity contribution in [1.29, 1.82) is 0 Å². The van der Waals surface area contributed by atoms with Crippen LogP contribution in [0.15, 0.2) is 18.2 Å². The Bertz CT molecular complexity index is 402. The maximum absolute atomic E-state index is 11.5. The molecule has 0 saturated carbocycles. The average Bonchev–Trinajstić information content (AvgIpc) is 2.21. The molecular formula is C11H11Cl2NO2. The lowest BCUT2D eigenvalue weighted by Crippen LogP contribution is -2.53. The van der Waals surface area contributed by atoms with Crippen molar-refractivity contribution in [3.8, 4) is 0 Å². The summed E-state index contributed by atoms with van der Waals surface area (Å²) in [6.07, 6.45) is 0.772. The van der Waals surface area contributed by atoms with E-state index in [9.17, 15) is 4.79 Å². The number of carbonyl (C=O) groups excluding carboxylic acids is 1. The van der Waals surface area contributed by atoms with Gasteiger partial charge in [0.2, 0.25) is 0 Å². The highest BCUT2D eigenvalue weighted by Gasteiger charge is 2.37. The van der Waals surface area contributed by atoms with Crippen molar-refractivity contribution >= 4 is 34.9 Å². The normalized spacial score (nSPS) is 19.2. The summed E-state index contributed by atoms with van der Waals surface area (Å²) in [5.41, 5.74) is 0.715. The van der Waals surface area contributed by atoms with Crippen molar-refractivity contribution in [1.82, 2.24) is 0 Å². The Labute approximate surface area is 104 Å². The van der Waals surface area contributed by atoms with E-state index in [1.165, 1.54) is 7.11 Å². The Morgan fingerprint density at radius 3 is 2.50 bits per heavy atom. The highest BCUT2D eigenvalue weighted by atomic mass is 35.5. The molecule has 1 unspecified atom stereocenters. The zero-order valence-corrected chi connectivity index (χ0v) is 10.3. The van der Waals surface area contributed by atoms with Gasteiger partial charge in [-0.05, 0) is 18.6 Å². The van der Waals surface area contributed by atoms with Crippen LogP contribution in [0.1, 0.15) is 6.42 Å². The maximum atomic E-state index is 11.5. The number of halogens is 2. The highest BCUT2D eigenvalue weighted by molar-refractivity contribution is 6.39. The van der Waals surface area contributed by atoms with E-state index >= 15 is 0 Å². The Kier molecular flexibility index (Phi) is 3.26. The molecule has 3 nitrogen and oxygen atoms in total. The second-order valence-corrected chi connectivity index (χ2v) is 4.41. The van der Waals surface area contributed by atoms with Crippen molar-refractivity contribution in [2.45, 2.75) is 12.5 Å². The first-order valence-electron chi connectivity index (χ1n) is 4.93. The minimum atomic E-state index is -0.262. The summed E-state index contributed by atoms with van der Waals surface area (Å²) in [7, 11) is 1.38. The maximum Gasteiger partial charge on any atom is 0.328 e. The molecule has 1 heterocycles. The Balaban J connectivity index is 2.28. The SMILES string of the molecule is COC(=O)C1CCN1c1c(Cl)cccc1Cl. The van der Waals surface area contributed by atoms with Gasteiger partial charge in [0.25, 0.3) is 0 Å². The first-order valence-corrected chi connectivity index (χ1v) is 5.69. The van der Waals surface area contributed by atoms with Crippen molar-refractivity contribution in [2.24, 2.45) is 0 Å². The van der Waals surface area contributed by atoms with Gasteiger partial charge in [0.15, 0.2) is 0 Å². The molecular weight excluding hydrogens is 249 g/mol. The van der Waals surface area contributed by atoms with Crippen LogP contribution in [0.25, 0.3) is 0 Å². The van der Waals surface area contributed by atoms with Crippen LogP contribution in [0.2, 0.25) is 10.0 Å². The van der Waals surface area contributed by atoms with Crippen LogP contribution in [-0.4, -0.2) is 25.7 Å². The predicted octanol–water partition coefficient (Wildman–Crippen LogP) is 2.75. The molecule has 16 heavy (non-hydrogen) atoms. The number of carbonyl (C=O) groups is 1. The number of hydrogen-bond acceptors (Lipinski definition) is 3. The standard InChI is InChI=1S/C11H11Cl2NO2/c1-16-11(15)9-5-6-14(9)10-7(12)3-2-4-8(10)13/h2-4,9H,5-6H2,1H3. The molecule has 1 fully saturated rings. The van der Waals surface area contributed by atoms with Crippen LogP contribution in [0, 0.1) is 0 Å². The zero-order valence-electron chi connectivity index (χ0n) is 8.74. The van der Waals surface area contributed by atoms with E-state index in [0.717, 1.165) is 13.0 Å². The number of para-hydroxylation sites is 1. The largest absolute Gasteiger partial charge is 0.467 e. The number of hydrogen-bond donors (Lipinski definition) is 0. The van der Waals surface area contributed by atoms with Gasteiger partial charge >= 0.3 is 5.97 Å². The summed E-state index contributed by atoms with van der Waals surface area (Å²) >= 11 is 12.1. The number of ether oxygens (including phenoxy) is 1. The van der Waals surface area contributed by atoms with Crippen LogP contribution in [-0.2, 0) is 9.53 Å². The molecule has 1 saturated heterocycles. The van der Waals surface area contributed by atoms with E-state index in [4.69, 9.17) is 27.9 Å². The zero-order chi connectivity index (χ0) is 11.7. The molecule has 0 aliphatic carbocycles. The van der Waals surface area contributed by atoms with Crippen LogP contribution in [0.3, 0.4) is 0 Å². The third-order valence-electron chi connectivity index (χ3n) is 2.72. The van der Waals surface area contributed by atoms with Gasteiger partial charge < -0.3 is 9.64 Å². The van der Waals surface area contributed by atoms with Gasteiger partial charge in [0.1, 0.15) is 6.04 Å². The van der Waals surface area contributed by atoms with Crippen LogP contribution in [0.4, 0.5) is 5.69 Å². The molecule has 86 valence electrons. The first kappa shape index (κ1) is 11.6. The molecule has 1 aromatic rings. The third-order valence-corrected chi connectivity index (χ3v) is 3.33. The number of anilines is 1. The Hall–Kier alpha value is -0.930. The lowest BCUT2D eigenvalue weighted by atomic mass is 10.0. The van der Waals surface area contributed by atoms with E-state index in [1.54, 1.807) is 18.2 Å². The van der Waals surface area contributed by atoms with E-state index in [0.29, 0.717) is 15.7 Å². The van der Waals surface area contributed by atoms with Crippen LogP contribution < -0.4 is 4.90 Å². The van der Waals surface area contributed by atoms with Gasteiger partial charge in [-0.3, -0.25) is 0 Å². The first-order chi connectivity index (χ1) is 7.65. The molecule has 0 amide bonds. The molecule has 1 aliphatic rings. The topological polar surface area (TPSA) is 29.5 Å². The molecule has 0 bridgehead atoms. The number of benzene rings is 1. The molecule has 1 aliphatic heterocycles. The summed E-state index contributed by atoms with van der Waals surface area (Å²) in [6, 6.07) is 5.04. The van der Waals surface area contributed by atoms with Crippen molar-refractivity contribution in [2.75, 3.05) is 18.6 Å². The molecule has 0 aromatic heterocycles. The average molecular weight is 260 g/mol. The smallest absolute Gasteiger partial charge is 0.328 e. The fraction of sp³-hybridized carbons (Fsp3) is 0.364. The summed E-state index contributed by atoms with van der Waals surface area (Å²) in [5.74, 6) is -0.248. The molecule has 5 heteroatoms. The highest BCUT2D eigenvalue weighted by Crippen LogP contribution is 2.38. The second-order valence-electron chi connectivity index (χ2n) is 3.59. The van der Waals surface area contributed by atoms with Gasteiger partial charge in [0, 0.05) is 6.54 Å². The van der Waals surface area contributed by atoms with Crippen molar-refractivity contribution < 1.29 is 9.53 Å². The fourth-order valence-corrected chi connectivity index (χ4v) is 2.41. The van der Waals surface area contributed by atoms with E-state index < -0.39 is 0 Å². The molecule has 0 radical (unpaired) electrons. The summed E-state index contributed by atoms with van der Waals surface area (Å²) in [6.45, 7) is 0.767.